The quantitative estimate of drug-likeness (QED) is 0.641. The minimum Gasteiger partial charge on any atom is -0.391 e. The molecule has 0 radical (unpaired) electrons. The average Bonchev–Trinajstić information content (AvgIpc) is 2.23. The summed E-state index contributed by atoms with van der Waals surface area (Å²) in [6.07, 6.45) is 2.46. The Morgan fingerprint density at radius 2 is 2.27 bits per heavy atom. The number of hydrogen-bond acceptors (Lipinski definition) is 3. The van der Waals surface area contributed by atoms with Gasteiger partial charge in [-0.25, -0.2) is 0 Å². The molecule has 3 unspecified atom stereocenters. The van der Waals surface area contributed by atoms with Gasteiger partial charge in [-0.2, -0.15) is 0 Å². The second kappa shape index (κ2) is 4.49. The molecule has 1 amide bonds. The molecule has 2 heterocycles. The fourth-order valence-corrected chi connectivity index (χ4v) is 2.56. The number of aliphatic hydroxyl groups is 1. The van der Waals surface area contributed by atoms with E-state index >= 15 is 0 Å². The number of carbonyl (C=O) groups is 1. The molecule has 2 saturated heterocycles. The normalized spacial score (nSPS) is 38.1. The third kappa shape index (κ3) is 2.16. The second-order valence-electron chi connectivity index (χ2n) is 4.70. The Kier molecular flexibility index (Phi) is 3.26. The summed E-state index contributed by atoms with van der Waals surface area (Å²) < 4.78 is 0. The Labute approximate surface area is 90.6 Å². The molecule has 15 heavy (non-hydrogen) atoms. The first kappa shape index (κ1) is 10.9. The Morgan fingerprint density at radius 3 is 3.00 bits per heavy atom. The highest BCUT2D eigenvalue weighted by Crippen LogP contribution is 2.22. The van der Waals surface area contributed by atoms with E-state index in [1.807, 2.05) is 11.8 Å². The first-order valence-corrected chi connectivity index (χ1v) is 5.89. The number of piperidine rings is 2. The lowest BCUT2D eigenvalue weighted by Gasteiger charge is -2.41. The largest absolute Gasteiger partial charge is 0.391 e. The molecule has 2 aliphatic rings. The van der Waals surface area contributed by atoms with Crippen LogP contribution in [0.2, 0.25) is 0 Å². The Morgan fingerprint density at radius 1 is 1.47 bits per heavy atom. The van der Waals surface area contributed by atoms with Crippen LogP contribution in [-0.4, -0.2) is 47.7 Å². The van der Waals surface area contributed by atoms with Gasteiger partial charge in [-0.15, -0.1) is 0 Å². The van der Waals surface area contributed by atoms with E-state index in [1.165, 1.54) is 0 Å². The van der Waals surface area contributed by atoms with Crippen molar-refractivity contribution in [3.63, 3.8) is 0 Å². The first-order chi connectivity index (χ1) is 7.20. The maximum Gasteiger partial charge on any atom is 0.225 e. The van der Waals surface area contributed by atoms with Gasteiger partial charge >= 0.3 is 0 Å². The van der Waals surface area contributed by atoms with Crippen molar-refractivity contribution < 1.29 is 9.90 Å². The number of nitrogens with one attached hydrogen (secondary N) is 1. The van der Waals surface area contributed by atoms with Gasteiger partial charge in [-0.3, -0.25) is 4.79 Å². The molecule has 0 aromatic rings. The van der Waals surface area contributed by atoms with Crippen LogP contribution >= 0.6 is 0 Å². The third-order valence-electron chi connectivity index (χ3n) is 3.56. The van der Waals surface area contributed by atoms with E-state index in [-0.39, 0.29) is 24.0 Å². The molecule has 2 N–H and O–H groups in total. The van der Waals surface area contributed by atoms with Gasteiger partial charge in [-0.1, -0.05) is 6.92 Å². The van der Waals surface area contributed by atoms with E-state index in [0.29, 0.717) is 0 Å². The molecule has 3 atom stereocenters. The van der Waals surface area contributed by atoms with Crippen LogP contribution in [0.5, 0.6) is 0 Å². The van der Waals surface area contributed by atoms with Crippen LogP contribution in [0.1, 0.15) is 26.2 Å². The molecular weight excluding hydrogens is 192 g/mol. The average molecular weight is 212 g/mol. The van der Waals surface area contributed by atoms with Gasteiger partial charge in [0.15, 0.2) is 0 Å². The lowest BCUT2D eigenvalue weighted by Crippen LogP contribution is -2.58. The molecule has 2 fully saturated rings. The van der Waals surface area contributed by atoms with E-state index in [9.17, 15) is 9.90 Å². The van der Waals surface area contributed by atoms with Crippen molar-refractivity contribution in [3.8, 4) is 0 Å². The first-order valence-electron chi connectivity index (χ1n) is 5.89. The maximum atomic E-state index is 12.0. The van der Waals surface area contributed by atoms with Gasteiger partial charge in [0, 0.05) is 19.0 Å². The number of likely N-dealkylation sites (tertiary alicyclic amines) is 1. The molecule has 86 valence electrons. The van der Waals surface area contributed by atoms with Crippen molar-refractivity contribution >= 4 is 5.91 Å². The topological polar surface area (TPSA) is 52.6 Å². The van der Waals surface area contributed by atoms with Crippen molar-refractivity contribution in [2.24, 2.45) is 5.92 Å². The number of nitrogens with zero attached hydrogens (tertiary/aromatic N) is 1. The summed E-state index contributed by atoms with van der Waals surface area (Å²) in [5.74, 6) is 0.349. The fraction of sp³-hybridized carbons (Fsp3) is 0.909. The Bertz CT molecular complexity index is 245. The van der Waals surface area contributed by atoms with Crippen LogP contribution < -0.4 is 5.32 Å². The summed E-state index contributed by atoms with van der Waals surface area (Å²) in [5.41, 5.74) is 0. The summed E-state index contributed by atoms with van der Waals surface area (Å²) in [7, 11) is 0. The van der Waals surface area contributed by atoms with Gasteiger partial charge in [0.05, 0.1) is 12.1 Å². The Balaban J connectivity index is 2.04. The molecule has 4 nitrogen and oxygen atoms in total. The minimum atomic E-state index is -0.347. The van der Waals surface area contributed by atoms with Gasteiger partial charge in [-0.05, 0) is 25.8 Å². The molecule has 0 aromatic carbocycles. The van der Waals surface area contributed by atoms with E-state index in [0.717, 1.165) is 38.9 Å². The molecular formula is C11H20N2O2. The zero-order valence-corrected chi connectivity index (χ0v) is 9.28. The van der Waals surface area contributed by atoms with Gasteiger partial charge in [0.2, 0.25) is 5.91 Å². The molecule has 0 aromatic heterocycles. The Hall–Kier alpha value is -0.610. The van der Waals surface area contributed by atoms with E-state index in [1.54, 1.807) is 0 Å². The van der Waals surface area contributed by atoms with Crippen LogP contribution in [-0.2, 0) is 4.79 Å². The van der Waals surface area contributed by atoms with Crippen molar-refractivity contribution in [2.45, 2.75) is 38.3 Å². The van der Waals surface area contributed by atoms with Gasteiger partial charge in [0.25, 0.3) is 0 Å². The maximum absolute atomic E-state index is 12.0. The van der Waals surface area contributed by atoms with E-state index in [4.69, 9.17) is 0 Å². The molecule has 4 heteroatoms. The summed E-state index contributed by atoms with van der Waals surface area (Å²) in [4.78, 5) is 13.8. The molecule has 0 saturated carbocycles. The number of carbonyl (C=O) groups excluding carboxylic acids is 1. The second-order valence-corrected chi connectivity index (χ2v) is 4.70. The third-order valence-corrected chi connectivity index (χ3v) is 3.56. The zero-order valence-electron chi connectivity index (χ0n) is 9.28. The van der Waals surface area contributed by atoms with E-state index in [2.05, 4.69) is 5.32 Å². The monoisotopic (exact) mass is 212 g/mol. The zero-order chi connectivity index (χ0) is 10.8. The highest BCUT2D eigenvalue weighted by molar-refractivity contribution is 5.79. The number of amides is 1. The van der Waals surface area contributed by atoms with Gasteiger partial charge < -0.3 is 15.3 Å². The molecule has 2 rings (SSSR count). The van der Waals surface area contributed by atoms with E-state index < -0.39 is 0 Å². The van der Waals surface area contributed by atoms with Crippen molar-refractivity contribution in [3.05, 3.63) is 0 Å². The van der Waals surface area contributed by atoms with Gasteiger partial charge in [0.1, 0.15) is 0 Å². The predicted molar refractivity (Wildman–Crippen MR) is 57.4 cm³/mol. The molecule has 0 aliphatic carbocycles. The van der Waals surface area contributed by atoms with Crippen molar-refractivity contribution in [1.82, 2.24) is 10.2 Å². The van der Waals surface area contributed by atoms with Crippen LogP contribution in [0.25, 0.3) is 0 Å². The lowest BCUT2D eigenvalue weighted by molar-refractivity contribution is -0.143. The molecule has 0 spiro atoms. The molecule has 0 bridgehead atoms. The fourth-order valence-electron chi connectivity index (χ4n) is 2.56. The summed E-state index contributed by atoms with van der Waals surface area (Å²) in [5, 5.41) is 13.1. The highest BCUT2D eigenvalue weighted by Gasteiger charge is 2.35. The summed E-state index contributed by atoms with van der Waals surface area (Å²) in [6.45, 7) is 4.39. The van der Waals surface area contributed by atoms with Crippen molar-refractivity contribution in [2.75, 3.05) is 19.6 Å². The van der Waals surface area contributed by atoms with Crippen LogP contribution in [0.15, 0.2) is 0 Å². The standard InChI is InChI=1S/C11H20N2O2/c1-8-3-2-6-13(11(8)15)9-7-12-5-4-10(9)14/h8-10,12,14H,2-7H2,1H3. The van der Waals surface area contributed by atoms with Crippen LogP contribution in [0.4, 0.5) is 0 Å². The summed E-state index contributed by atoms with van der Waals surface area (Å²) >= 11 is 0. The van der Waals surface area contributed by atoms with Crippen LogP contribution in [0, 0.1) is 5.92 Å². The summed E-state index contributed by atoms with van der Waals surface area (Å²) in [6, 6.07) is -0.00556. The highest BCUT2D eigenvalue weighted by atomic mass is 16.3. The van der Waals surface area contributed by atoms with Crippen LogP contribution in [0.3, 0.4) is 0 Å². The predicted octanol–water partition coefficient (Wildman–Crippen LogP) is -0.0323. The SMILES string of the molecule is CC1CCCN(C2CNCCC2O)C1=O. The van der Waals surface area contributed by atoms with Crippen molar-refractivity contribution in [1.29, 1.82) is 0 Å². The molecule has 2 aliphatic heterocycles. The number of hydrogen-bond donors (Lipinski definition) is 2. The lowest BCUT2D eigenvalue weighted by atomic mass is 9.94. The number of rotatable bonds is 1. The number of aliphatic hydroxyl groups excluding tert-OH is 1. The minimum absolute atomic E-state index is 0.00556. The smallest absolute Gasteiger partial charge is 0.225 e.